The fourth-order valence-corrected chi connectivity index (χ4v) is 2.82. The fraction of sp³-hybridized carbons (Fsp3) is 0.800. The molecule has 0 saturated heterocycles. The second kappa shape index (κ2) is 1.66. The van der Waals surface area contributed by atoms with Gasteiger partial charge in [0.15, 0.2) is 0 Å². The van der Waals surface area contributed by atoms with E-state index >= 15 is 0 Å². The van der Waals surface area contributed by atoms with Crippen LogP contribution in [0.4, 0.5) is 0 Å². The largest absolute Gasteiger partial charge is 0.103 e. The summed E-state index contributed by atoms with van der Waals surface area (Å²) in [5.74, 6) is 2.78. The van der Waals surface area contributed by atoms with Crippen molar-refractivity contribution in [2.75, 3.05) is 0 Å². The average Bonchev–Trinajstić information content (AvgIpc) is 2.51. The van der Waals surface area contributed by atoms with Gasteiger partial charge in [0.2, 0.25) is 0 Å². The normalized spacial score (nSPS) is 58.0. The molecule has 0 bridgehead atoms. The van der Waals surface area contributed by atoms with Crippen LogP contribution in [0.5, 0.6) is 0 Å². The summed E-state index contributed by atoms with van der Waals surface area (Å²) in [6, 6.07) is 0. The summed E-state index contributed by atoms with van der Waals surface area (Å²) in [6.07, 6.45) is 5.04. The number of fused-ring (bicyclic) bond motifs is 1. The maximum atomic E-state index is 3.88. The first-order valence-corrected chi connectivity index (χ1v) is 4.30. The Morgan fingerprint density at radius 3 is 2.50 bits per heavy atom. The van der Waals surface area contributed by atoms with E-state index in [0.717, 1.165) is 23.2 Å². The maximum absolute atomic E-state index is 3.88. The lowest BCUT2D eigenvalue weighted by Crippen LogP contribution is -2.04. The molecule has 0 heterocycles. The molecule has 0 nitrogen and oxygen atoms in total. The number of rotatable bonds is 1. The van der Waals surface area contributed by atoms with Crippen molar-refractivity contribution >= 4 is 0 Å². The molecule has 0 aromatic carbocycles. The van der Waals surface area contributed by atoms with E-state index in [1.54, 1.807) is 0 Å². The Bertz CT molecular complexity index is 171. The third-order valence-corrected chi connectivity index (χ3v) is 3.74. The van der Waals surface area contributed by atoms with Gasteiger partial charge >= 0.3 is 0 Å². The molecule has 0 N–H and O–H groups in total. The van der Waals surface area contributed by atoms with Crippen LogP contribution >= 0.6 is 0 Å². The van der Waals surface area contributed by atoms with Crippen molar-refractivity contribution in [3.63, 3.8) is 0 Å². The van der Waals surface area contributed by atoms with Crippen LogP contribution in [0.2, 0.25) is 0 Å². The standard InChI is InChI=1S/C10H16/c1-4-8-5-10(3)6-9(10)7(8)2/h4,7-9H,1,5-6H2,2-3H3. The molecular weight excluding hydrogens is 120 g/mol. The summed E-state index contributed by atoms with van der Waals surface area (Å²) in [4.78, 5) is 0. The average molecular weight is 136 g/mol. The first kappa shape index (κ1) is 6.45. The van der Waals surface area contributed by atoms with E-state index in [1.165, 1.54) is 12.8 Å². The number of hydrogen-bond donors (Lipinski definition) is 0. The van der Waals surface area contributed by atoms with Gasteiger partial charge in [0.05, 0.1) is 0 Å². The highest BCUT2D eigenvalue weighted by Crippen LogP contribution is 2.67. The maximum Gasteiger partial charge on any atom is -0.0202 e. The van der Waals surface area contributed by atoms with E-state index in [9.17, 15) is 0 Å². The lowest BCUT2D eigenvalue weighted by molar-refractivity contribution is 0.428. The van der Waals surface area contributed by atoms with Crippen LogP contribution in [-0.2, 0) is 0 Å². The lowest BCUT2D eigenvalue weighted by Gasteiger charge is -2.13. The van der Waals surface area contributed by atoms with Crippen molar-refractivity contribution in [2.45, 2.75) is 26.7 Å². The quantitative estimate of drug-likeness (QED) is 0.486. The topological polar surface area (TPSA) is 0 Å². The predicted molar refractivity (Wildman–Crippen MR) is 43.7 cm³/mol. The SMILES string of the molecule is C=CC1CC2(C)CC2C1C. The van der Waals surface area contributed by atoms with Crippen LogP contribution in [0.15, 0.2) is 12.7 Å². The van der Waals surface area contributed by atoms with Gasteiger partial charge in [0, 0.05) is 0 Å². The Morgan fingerprint density at radius 1 is 1.50 bits per heavy atom. The van der Waals surface area contributed by atoms with Crippen molar-refractivity contribution in [3.8, 4) is 0 Å². The molecule has 0 heteroatoms. The Morgan fingerprint density at radius 2 is 2.20 bits per heavy atom. The molecule has 2 aliphatic carbocycles. The number of allylic oxidation sites excluding steroid dienone is 1. The molecule has 2 rings (SSSR count). The van der Waals surface area contributed by atoms with Gasteiger partial charge < -0.3 is 0 Å². The monoisotopic (exact) mass is 136 g/mol. The molecule has 4 unspecified atom stereocenters. The molecule has 4 atom stereocenters. The third-order valence-electron chi connectivity index (χ3n) is 3.74. The van der Waals surface area contributed by atoms with Gasteiger partial charge in [-0.05, 0) is 36.0 Å². The van der Waals surface area contributed by atoms with E-state index in [0.29, 0.717) is 0 Å². The minimum absolute atomic E-state index is 0.734. The molecular formula is C10H16. The second-order valence-corrected chi connectivity index (χ2v) is 4.43. The van der Waals surface area contributed by atoms with E-state index in [4.69, 9.17) is 0 Å². The van der Waals surface area contributed by atoms with Gasteiger partial charge in [-0.15, -0.1) is 6.58 Å². The zero-order valence-corrected chi connectivity index (χ0v) is 6.93. The minimum atomic E-state index is 0.734. The fourth-order valence-electron chi connectivity index (χ4n) is 2.82. The first-order chi connectivity index (χ1) is 4.67. The molecule has 2 fully saturated rings. The summed E-state index contributed by atoms with van der Waals surface area (Å²) < 4.78 is 0. The van der Waals surface area contributed by atoms with Gasteiger partial charge in [-0.2, -0.15) is 0 Å². The summed E-state index contributed by atoms with van der Waals surface area (Å²) in [5, 5.41) is 0. The van der Waals surface area contributed by atoms with Gasteiger partial charge in [-0.25, -0.2) is 0 Å². The van der Waals surface area contributed by atoms with Crippen molar-refractivity contribution < 1.29 is 0 Å². The van der Waals surface area contributed by atoms with Crippen LogP contribution in [-0.4, -0.2) is 0 Å². The van der Waals surface area contributed by atoms with E-state index < -0.39 is 0 Å². The molecule has 0 amide bonds. The molecule has 0 radical (unpaired) electrons. The summed E-state index contributed by atoms with van der Waals surface area (Å²) in [5.41, 5.74) is 0.734. The molecule has 2 saturated carbocycles. The van der Waals surface area contributed by atoms with Crippen molar-refractivity contribution in [1.82, 2.24) is 0 Å². The third kappa shape index (κ3) is 0.624. The molecule has 0 aromatic rings. The smallest absolute Gasteiger partial charge is 0.0202 e. The molecule has 0 aromatic heterocycles. The Labute approximate surface area is 63.3 Å². The molecule has 0 spiro atoms. The lowest BCUT2D eigenvalue weighted by atomic mass is 9.92. The molecule has 56 valence electrons. The highest BCUT2D eigenvalue weighted by atomic mass is 14.6. The Kier molecular flexibility index (Phi) is 1.07. The Hall–Kier alpha value is -0.260. The van der Waals surface area contributed by atoms with E-state index in [2.05, 4.69) is 26.5 Å². The van der Waals surface area contributed by atoms with Crippen LogP contribution in [0.1, 0.15) is 26.7 Å². The highest BCUT2D eigenvalue weighted by Gasteiger charge is 2.59. The zero-order chi connectivity index (χ0) is 7.35. The van der Waals surface area contributed by atoms with Crippen LogP contribution in [0, 0.1) is 23.2 Å². The van der Waals surface area contributed by atoms with Crippen molar-refractivity contribution in [1.29, 1.82) is 0 Å². The van der Waals surface area contributed by atoms with Gasteiger partial charge in [-0.3, -0.25) is 0 Å². The predicted octanol–water partition coefficient (Wildman–Crippen LogP) is 2.85. The number of hydrogen-bond acceptors (Lipinski definition) is 0. The molecule has 0 aliphatic heterocycles. The highest BCUT2D eigenvalue weighted by molar-refractivity contribution is 5.12. The van der Waals surface area contributed by atoms with Gasteiger partial charge in [0.25, 0.3) is 0 Å². The zero-order valence-electron chi connectivity index (χ0n) is 6.93. The minimum Gasteiger partial charge on any atom is -0.103 e. The van der Waals surface area contributed by atoms with Crippen LogP contribution in [0.25, 0.3) is 0 Å². The summed E-state index contributed by atoms with van der Waals surface area (Å²) in [7, 11) is 0. The second-order valence-electron chi connectivity index (χ2n) is 4.43. The van der Waals surface area contributed by atoms with Crippen molar-refractivity contribution in [2.24, 2.45) is 23.2 Å². The Balaban J connectivity index is 2.14. The van der Waals surface area contributed by atoms with Gasteiger partial charge in [-0.1, -0.05) is 19.9 Å². The summed E-state index contributed by atoms with van der Waals surface area (Å²) >= 11 is 0. The molecule has 10 heavy (non-hydrogen) atoms. The van der Waals surface area contributed by atoms with Crippen LogP contribution in [0.3, 0.4) is 0 Å². The van der Waals surface area contributed by atoms with Crippen molar-refractivity contribution in [3.05, 3.63) is 12.7 Å². The molecule has 2 aliphatic rings. The van der Waals surface area contributed by atoms with E-state index in [1.807, 2.05) is 0 Å². The van der Waals surface area contributed by atoms with Gasteiger partial charge in [0.1, 0.15) is 0 Å². The summed E-state index contributed by atoms with van der Waals surface area (Å²) in [6.45, 7) is 8.69. The van der Waals surface area contributed by atoms with Crippen LogP contribution < -0.4 is 0 Å². The first-order valence-electron chi connectivity index (χ1n) is 4.30. The van der Waals surface area contributed by atoms with E-state index in [-0.39, 0.29) is 0 Å².